The molecule has 2 aromatic rings. The van der Waals surface area contributed by atoms with Gasteiger partial charge in [-0.2, -0.15) is 5.10 Å². The molecule has 1 aromatic carbocycles. The van der Waals surface area contributed by atoms with E-state index in [2.05, 4.69) is 45.1 Å². The van der Waals surface area contributed by atoms with Gasteiger partial charge in [-0.25, -0.2) is 4.68 Å². The highest BCUT2D eigenvalue weighted by Gasteiger charge is 2.51. The Hall–Kier alpha value is -1.37. The van der Waals surface area contributed by atoms with E-state index in [-0.39, 0.29) is 24.5 Å². The molecule has 3 heterocycles. The van der Waals surface area contributed by atoms with E-state index in [1.807, 2.05) is 16.8 Å². The van der Waals surface area contributed by atoms with Gasteiger partial charge in [0, 0.05) is 18.2 Å². The van der Waals surface area contributed by atoms with E-state index in [0.717, 1.165) is 35.8 Å². The van der Waals surface area contributed by atoms with Gasteiger partial charge < -0.3 is 14.0 Å². The molecular weight excluding hydrogens is 303 g/mol. The van der Waals surface area contributed by atoms with Crippen LogP contribution in [-0.2, 0) is 14.0 Å². The number of benzene rings is 1. The Morgan fingerprint density at radius 2 is 1.88 bits per heavy atom. The van der Waals surface area contributed by atoms with Gasteiger partial charge in [-0.3, -0.25) is 0 Å². The van der Waals surface area contributed by atoms with Crippen LogP contribution in [0.25, 0.3) is 10.9 Å². The fraction of sp³-hybridized carbons (Fsp3) is 0.611. The van der Waals surface area contributed by atoms with Crippen molar-refractivity contribution < 1.29 is 14.0 Å². The predicted octanol–water partition coefficient (Wildman–Crippen LogP) is 3.03. The molecule has 0 amide bonds. The van der Waals surface area contributed by atoms with Crippen LogP contribution in [0.5, 0.6) is 0 Å². The number of fused-ring (bicyclic) bond motifs is 1. The first-order valence-electron chi connectivity index (χ1n) is 8.82. The molecule has 0 aliphatic carbocycles. The number of nitrogens with zero attached hydrogens (tertiary/aromatic N) is 2. The molecule has 0 spiro atoms. The number of aromatic nitrogens is 2. The molecule has 4 rings (SSSR count). The summed E-state index contributed by atoms with van der Waals surface area (Å²) in [5, 5.41) is 5.77. The highest BCUT2D eigenvalue weighted by molar-refractivity contribution is 6.62. The third kappa shape index (κ3) is 2.67. The minimum Gasteiger partial charge on any atom is -0.399 e. The molecule has 6 heteroatoms. The number of rotatable bonds is 2. The van der Waals surface area contributed by atoms with E-state index in [4.69, 9.17) is 14.0 Å². The maximum Gasteiger partial charge on any atom is 0.494 e. The summed E-state index contributed by atoms with van der Waals surface area (Å²) in [6.07, 6.45) is 5.49. The zero-order chi connectivity index (χ0) is 16.9. The molecule has 5 nitrogen and oxygen atoms in total. The zero-order valence-electron chi connectivity index (χ0n) is 14.9. The van der Waals surface area contributed by atoms with Gasteiger partial charge in [-0.1, -0.05) is 12.1 Å². The normalized spacial score (nSPS) is 26.2. The van der Waals surface area contributed by atoms with Crippen molar-refractivity contribution in [1.82, 2.24) is 9.78 Å². The molecular formula is C18H25BN2O3. The third-order valence-corrected chi connectivity index (χ3v) is 5.52. The Morgan fingerprint density at radius 3 is 2.54 bits per heavy atom. The molecule has 128 valence electrons. The molecule has 2 aliphatic heterocycles. The third-order valence-electron chi connectivity index (χ3n) is 5.52. The first kappa shape index (κ1) is 16.1. The summed E-state index contributed by atoms with van der Waals surface area (Å²) in [7, 11) is -0.339. The van der Waals surface area contributed by atoms with Crippen LogP contribution < -0.4 is 5.46 Å². The van der Waals surface area contributed by atoms with Crippen LogP contribution >= 0.6 is 0 Å². The van der Waals surface area contributed by atoms with Crippen molar-refractivity contribution in [3.63, 3.8) is 0 Å². The van der Waals surface area contributed by atoms with Gasteiger partial charge in [0.2, 0.25) is 0 Å². The molecule has 0 N–H and O–H groups in total. The first-order valence-corrected chi connectivity index (χ1v) is 8.82. The smallest absolute Gasteiger partial charge is 0.399 e. The summed E-state index contributed by atoms with van der Waals surface area (Å²) >= 11 is 0. The molecule has 1 atom stereocenters. The number of ether oxygens (including phenoxy) is 1. The van der Waals surface area contributed by atoms with Crippen LogP contribution in [-0.4, -0.2) is 34.7 Å². The molecule has 24 heavy (non-hydrogen) atoms. The van der Waals surface area contributed by atoms with Crippen molar-refractivity contribution in [2.45, 2.75) is 64.4 Å². The second-order valence-electron chi connectivity index (χ2n) is 7.84. The van der Waals surface area contributed by atoms with Gasteiger partial charge in [0.1, 0.15) is 6.23 Å². The van der Waals surface area contributed by atoms with E-state index in [9.17, 15) is 0 Å². The monoisotopic (exact) mass is 328 g/mol. The van der Waals surface area contributed by atoms with Gasteiger partial charge in [0.05, 0.1) is 16.7 Å². The topological polar surface area (TPSA) is 45.5 Å². The summed E-state index contributed by atoms with van der Waals surface area (Å²) < 4.78 is 20.1. The average Bonchev–Trinajstić information content (AvgIpc) is 3.06. The van der Waals surface area contributed by atoms with Crippen LogP contribution in [0.2, 0.25) is 0 Å². The molecule has 2 aliphatic rings. The standard InChI is InChI=1S/C18H25BN2O3/c1-17(2)18(3,4)24-19(23-17)14-8-9-15-13(11-14)12-21(20-15)16-7-5-6-10-22-16/h8-9,11-12,16H,5-7,10H2,1-4H3. The Labute approximate surface area is 143 Å². The van der Waals surface area contributed by atoms with Crippen LogP contribution in [0.3, 0.4) is 0 Å². The van der Waals surface area contributed by atoms with E-state index >= 15 is 0 Å². The lowest BCUT2D eigenvalue weighted by molar-refractivity contribution is -0.0390. The lowest BCUT2D eigenvalue weighted by Crippen LogP contribution is -2.41. The van der Waals surface area contributed by atoms with Gasteiger partial charge in [-0.05, 0) is 58.5 Å². The summed E-state index contributed by atoms with van der Waals surface area (Å²) in [6, 6.07) is 6.20. The highest BCUT2D eigenvalue weighted by Crippen LogP contribution is 2.36. The molecule has 1 unspecified atom stereocenters. The van der Waals surface area contributed by atoms with Gasteiger partial charge in [0.15, 0.2) is 0 Å². The van der Waals surface area contributed by atoms with Crippen molar-refractivity contribution in [3.05, 3.63) is 24.4 Å². The molecule has 2 fully saturated rings. The Bertz CT molecular complexity index is 734. The van der Waals surface area contributed by atoms with Crippen molar-refractivity contribution in [3.8, 4) is 0 Å². The highest BCUT2D eigenvalue weighted by atomic mass is 16.7. The largest absolute Gasteiger partial charge is 0.494 e. The van der Waals surface area contributed by atoms with Gasteiger partial charge in [0.25, 0.3) is 0 Å². The van der Waals surface area contributed by atoms with Crippen molar-refractivity contribution >= 4 is 23.5 Å². The molecule has 1 aromatic heterocycles. The van der Waals surface area contributed by atoms with Crippen molar-refractivity contribution in [2.75, 3.05) is 6.61 Å². The fourth-order valence-corrected chi connectivity index (χ4v) is 3.27. The summed E-state index contributed by atoms with van der Waals surface area (Å²) in [5.74, 6) is 0. The van der Waals surface area contributed by atoms with Crippen LogP contribution in [0.15, 0.2) is 24.4 Å². The second kappa shape index (κ2) is 5.58. The van der Waals surface area contributed by atoms with E-state index < -0.39 is 0 Å². The van der Waals surface area contributed by atoms with Crippen LogP contribution in [0, 0.1) is 0 Å². The summed E-state index contributed by atoms with van der Waals surface area (Å²) in [6.45, 7) is 9.11. The Balaban J connectivity index is 1.62. The Kier molecular flexibility index (Phi) is 3.75. The quantitative estimate of drug-likeness (QED) is 0.795. The minimum atomic E-state index is -0.339. The van der Waals surface area contributed by atoms with E-state index in [0.29, 0.717) is 0 Å². The minimum absolute atomic E-state index is 0.0615. The van der Waals surface area contributed by atoms with Gasteiger partial charge in [-0.15, -0.1) is 0 Å². The van der Waals surface area contributed by atoms with Crippen molar-refractivity contribution in [2.24, 2.45) is 0 Å². The van der Waals surface area contributed by atoms with E-state index in [1.54, 1.807) is 0 Å². The molecule has 2 saturated heterocycles. The predicted molar refractivity (Wildman–Crippen MR) is 94.3 cm³/mol. The van der Waals surface area contributed by atoms with Crippen LogP contribution in [0.4, 0.5) is 0 Å². The maximum atomic E-state index is 6.15. The number of hydrogen-bond acceptors (Lipinski definition) is 4. The Morgan fingerprint density at radius 1 is 1.12 bits per heavy atom. The molecule has 0 bridgehead atoms. The second-order valence-corrected chi connectivity index (χ2v) is 7.84. The zero-order valence-corrected chi connectivity index (χ0v) is 14.9. The van der Waals surface area contributed by atoms with Gasteiger partial charge >= 0.3 is 7.12 Å². The molecule has 0 saturated carbocycles. The van der Waals surface area contributed by atoms with Crippen LogP contribution in [0.1, 0.15) is 53.2 Å². The molecule has 0 radical (unpaired) electrons. The lowest BCUT2D eigenvalue weighted by Gasteiger charge is -2.32. The SMILES string of the molecule is CC1(C)OB(c2ccc3nn(C4CCCCO4)cc3c2)OC1(C)C. The lowest BCUT2D eigenvalue weighted by atomic mass is 9.79. The average molecular weight is 328 g/mol. The first-order chi connectivity index (χ1) is 11.4. The summed E-state index contributed by atoms with van der Waals surface area (Å²) in [4.78, 5) is 0. The fourth-order valence-electron chi connectivity index (χ4n) is 3.27. The maximum absolute atomic E-state index is 6.15. The van der Waals surface area contributed by atoms with E-state index in [1.165, 1.54) is 6.42 Å². The summed E-state index contributed by atoms with van der Waals surface area (Å²) in [5.41, 5.74) is 1.36. The van der Waals surface area contributed by atoms with Crippen molar-refractivity contribution in [1.29, 1.82) is 0 Å². The number of hydrogen-bond donors (Lipinski definition) is 0.